The molecule has 0 radical (unpaired) electrons. The number of aryl methyl sites for hydroxylation is 2. The van der Waals surface area contributed by atoms with Crippen molar-refractivity contribution in [2.75, 3.05) is 10.3 Å². The van der Waals surface area contributed by atoms with E-state index in [0.29, 0.717) is 16.8 Å². The summed E-state index contributed by atoms with van der Waals surface area (Å²) < 4.78 is 40.4. The van der Waals surface area contributed by atoms with E-state index in [1.807, 2.05) is 20.8 Å². The maximum absolute atomic E-state index is 13.5. The van der Waals surface area contributed by atoms with Crippen LogP contribution in [-0.2, 0) is 4.79 Å². The fourth-order valence-electron chi connectivity index (χ4n) is 3.57. The highest BCUT2D eigenvalue weighted by atomic mass is 19.4. The number of hydrogen-bond donors (Lipinski definition) is 2. The van der Waals surface area contributed by atoms with Gasteiger partial charge in [0, 0.05) is 12.0 Å². The number of para-hydroxylation sites is 2. The number of nitrogens with one attached hydrogen (secondary N) is 2. The number of alkyl halides is 3. The largest absolute Gasteiger partial charge is 0.431 e. The number of amides is 2. The van der Waals surface area contributed by atoms with Crippen LogP contribution in [0.15, 0.2) is 47.6 Å². The number of carbonyl (C=O) groups is 2. The summed E-state index contributed by atoms with van der Waals surface area (Å²) in [5.41, 5.74) is 0.662. The normalized spacial score (nSPS) is 16.4. The van der Waals surface area contributed by atoms with E-state index in [0.717, 1.165) is 5.01 Å². The lowest BCUT2D eigenvalue weighted by Crippen LogP contribution is -2.42. The standard InChI is InChI=1S/C24H27F3N4O2/c1-14-9-6-7-12-17(14)31-18(13-19(30-31)24(25,26)27)22(33)28-20-15(2)10-8-11-16(20)21(32)29-23(3,4)5/h6-12,18H,13H2,1-5H3,(H,28,33)(H,29,32). The summed E-state index contributed by atoms with van der Waals surface area (Å²) in [4.78, 5) is 26.1. The van der Waals surface area contributed by atoms with Crippen LogP contribution in [0, 0.1) is 13.8 Å². The predicted molar refractivity (Wildman–Crippen MR) is 123 cm³/mol. The fourth-order valence-corrected chi connectivity index (χ4v) is 3.57. The van der Waals surface area contributed by atoms with E-state index in [1.165, 1.54) is 0 Å². The Labute approximate surface area is 190 Å². The monoisotopic (exact) mass is 460 g/mol. The first kappa shape index (κ1) is 24.3. The van der Waals surface area contributed by atoms with Crippen LogP contribution in [0.4, 0.5) is 24.5 Å². The van der Waals surface area contributed by atoms with E-state index < -0.39 is 41.7 Å². The molecule has 0 fully saturated rings. The van der Waals surface area contributed by atoms with Crippen LogP contribution in [0.25, 0.3) is 0 Å². The van der Waals surface area contributed by atoms with Crippen LogP contribution >= 0.6 is 0 Å². The van der Waals surface area contributed by atoms with Gasteiger partial charge in [-0.05, 0) is 57.9 Å². The maximum atomic E-state index is 13.5. The summed E-state index contributed by atoms with van der Waals surface area (Å²) in [6.07, 6.45) is -5.25. The Bertz CT molecular complexity index is 1100. The molecule has 1 unspecified atom stereocenters. The number of hydrogen-bond acceptors (Lipinski definition) is 4. The van der Waals surface area contributed by atoms with Crippen molar-refractivity contribution in [1.29, 1.82) is 0 Å². The number of rotatable bonds is 4. The second kappa shape index (κ2) is 8.88. The minimum absolute atomic E-state index is 0.232. The minimum atomic E-state index is -4.66. The van der Waals surface area contributed by atoms with Crippen molar-refractivity contribution in [3.05, 3.63) is 59.2 Å². The first-order valence-corrected chi connectivity index (χ1v) is 10.5. The Morgan fingerprint density at radius 3 is 2.24 bits per heavy atom. The van der Waals surface area contributed by atoms with Crippen LogP contribution < -0.4 is 15.6 Å². The van der Waals surface area contributed by atoms with Crippen molar-refractivity contribution >= 4 is 28.9 Å². The van der Waals surface area contributed by atoms with E-state index in [2.05, 4.69) is 15.7 Å². The molecule has 9 heteroatoms. The zero-order chi connectivity index (χ0) is 24.6. The van der Waals surface area contributed by atoms with E-state index in [1.54, 1.807) is 56.3 Å². The van der Waals surface area contributed by atoms with E-state index in [-0.39, 0.29) is 11.3 Å². The Morgan fingerprint density at radius 1 is 1.00 bits per heavy atom. The van der Waals surface area contributed by atoms with Gasteiger partial charge in [-0.3, -0.25) is 14.6 Å². The number of benzene rings is 2. The van der Waals surface area contributed by atoms with Crippen molar-refractivity contribution in [3.8, 4) is 0 Å². The number of nitrogens with zero attached hydrogens (tertiary/aromatic N) is 2. The highest BCUT2D eigenvalue weighted by molar-refractivity contribution is 6.09. The summed E-state index contributed by atoms with van der Waals surface area (Å²) in [7, 11) is 0. The zero-order valence-corrected chi connectivity index (χ0v) is 19.2. The molecule has 33 heavy (non-hydrogen) atoms. The highest BCUT2D eigenvalue weighted by Gasteiger charge is 2.46. The molecular formula is C24H27F3N4O2. The number of halogens is 3. The quantitative estimate of drug-likeness (QED) is 0.677. The third-order valence-corrected chi connectivity index (χ3v) is 5.16. The Kier molecular flexibility index (Phi) is 6.53. The van der Waals surface area contributed by atoms with Gasteiger partial charge in [-0.1, -0.05) is 30.3 Å². The molecule has 0 saturated carbocycles. The van der Waals surface area contributed by atoms with Crippen LogP contribution in [-0.4, -0.2) is 35.3 Å². The van der Waals surface area contributed by atoms with E-state index in [9.17, 15) is 22.8 Å². The molecule has 0 aromatic heterocycles. The molecule has 176 valence electrons. The van der Waals surface area contributed by atoms with Gasteiger partial charge in [0.05, 0.1) is 16.9 Å². The molecule has 6 nitrogen and oxygen atoms in total. The third-order valence-electron chi connectivity index (χ3n) is 5.16. The van der Waals surface area contributed by atoms with Gasteiger partial charge in [0.1, 0.15) is 11.8 Å². The number of carbonyl (C=O) groups excluding carboxylic acids is 2. The maximum Gasteiger partial charge on any atom is 0.431 e. The lowest BCUT2D eigenvalue weighted by atomic mass is 10.0. The second-order valence-corrected chi connectivity index (χ2v) is 9.09. The number of hydrazone groups is 1. The Balaban J connectivity index is 1.95. The molecule has 0 aliphatic carbocycles. The molecule has 2 amide bonds. The van der Waals surface area contributed by atoms with Gasteiger partial charge in [-0.2, -0.15) is 18.3 Å². The topological polar surface area (TPSA) is 73.8 Å². The van der Waals surface area contributed by atoms with Crippen molar-refractivity contribution in [2.24, 2.45) is 5.10 Å². The van der Waals surface area contributed by atoms with Crippen molar-refractivity contribution in [3.63, 3.8) is 0 Å². The smallest absolute Gasteiger partial charge is 0.347 e. The van der Waals surface area contributed by atoms with Gasteiger partial charge in [0.15, 0.2) is 0 Å². The molecule has 2 N–H and O–H groups in total. The van der Waals surface area contributed by atoms with Gasteiger partial charge in [0.25, 0.3) is 5.91 Å². The summed E-state index contributed by atoms with van der Waals surface area (Å²) in [5, 5.41) is 10.4. The first-order chi connectivity index (χ1) is 15.3. The van der Waals surface area contributed by atoms with Crippen LogP contribution in [0.1, 0.15) is 48.7 Å². The van der Waals surface area contributed by atoms with Crippen molar-refractivity contribution < 1.29 is 22.8 Å². The molecule has 2 aromatic carbocycles. The SMILES string of the molecule is Cc1ccccc1N1N=C(C(F)(F)F)CC1C(=O)Nc1c(C)cccc1C(=O)NC(C)(C)C. The summed E-state index contributed by atoms with van der Waals surface area (Å²) >= 11 is 0. The van der Waals surface area contributed by atoms with Crippen molar-refractivity contribution in [2.45, 2.75) is 58.8 Å². The zero-order valence-electron chi connectivity index (χ0n) is 19.2. The van der Waals surface area contributed by atoms with Gasteiger partial charge >= 0.3 is 6.18 Å². The van der Waals surface area contributed by atoms with Crippen LogP contribution in [0.3, 0.4) is 0 Å². The second-order valence-electron chi connectivity index (χ2n) is 9.09. The lowest BCUT2D eigenvalue weighted by Gasteiger charge is -2.26. The summed E-state index contributed by atoms with van der Waals surface area (Å²) in [5.74, 6) is -1.07. The lowest BCUT2D eigenvalue weighted by molar-refractivity contribution is -0.117. The van der Waals surface area contributed by atoms with E-state index >= 15 is 0 Å². The van der Waals surface area contributed by atoms with Gasteiger partial charge < -0.3 is 10.6 Å². The van der Waals surface area contributed by atoms with Gasteiger partial charge in [-0.25, -0.2) is 0 Å². The Hall–Kier alpha value is -3.36. The molecule has 1 atom stereocenters. The predicted octanol–water partition coefficient (Wildman–Crippen LogP) is 4.97. The summed E-state index contributed by atoms with van der Waals surface area (Å²) in [6, 6.07) is 10.5. The van der Waals surface area contributed by atoms with Crippen LogP contribution in [0.2, 0.25) is 0 Å². The molecule has 2 aromatic rings. The fraction of sp³-hybridized carbons (Fsp3) is 0.375. The molecule has 1 aliphatic heterocycles. The molecule has 0 saturated heterocycles. The average Bonchev–Trinajstić information content (AvgIpc) is 3.14. The third kappa shape index (κ3) is 5.53. The minimum Gasteiger partial charge on any atom is -0.347 e. The Morgan fingerprint density at radius 2 is 1.64 bits per heavy atom. The van der Waals surface area contributed by atoms with Gasteiger partial charge in [0.2, 0.25) is 5.91 Å². The first-order valence-electron chi connectivity index (χ1n) is 10.5. The van der Waals surface area contributed by atoms with Crippen molar-refractivity contribution in [1.82, 2.24) is 5.32 Å². The molecule has 1 heterocycles. The van der Waals surface area contributed by atoms with E-state index in [4.69, 9.17) is 0 Å². The van der Waals surface area contributed by atoms with Crippen LogP contribution in [0.5, 0.6) is 0 Å². The molecule has 3 rings (SSSR count). The summed E-state index contributed by atoms with van der Waals surface area (Å²) in [6.45, 7) is 8.94. The van der Waals surface area contributed by atoms with Gasteiger partial charge in [-0.15, -0.1) is 0 Å². The molecule has 0 bridgehead atoms. The molecular weight excluding hydrogens is 433 g/mol. The average molecular weight is 461 g/mol. The highest BCUT2D eigenvalue weighted by Crippen LogP contribution is 2.34. The molecule has 1 aliphatic rings. The number of anilines is 2. The molecule has 0 spiro atoms.